The molecule has 4 heteroatoms. The van der Waals surface area contributed by atoms with Crippen molar-refractivity contribution in [2.45, 2.75) is 82.3 Å². The number of nitrogens with zero attached hydrogens (tertiary/aromatic N) is 2. The van der Waals surface area contributed by atoms with Crippen LogP contribution in [-0.2, 0) is 4.79 Å². The summed E-state index contributed by atoms with van der Waals surface area (Å²) in [5.74, 6) is 0.0114. The van der Waals surface area contributed by atoms with E-state index in [9.17, 15) is 10.1 Å². The Morgan fingerprint density at radius 1 is 1.14 bits per heavy atom. The van der Waals surface area contributed by atoms with Gasteiger partial charge in [0, 0.05) is 18.1 Å². The normalized spacial score (nSPS) is 35.7. The Labute approximate surface area is 127 Å². The maximum absolute atomic E-state index is 12.7. The fraction of sp³-hybridized carbons (Fsp3) is 0.882. The average Bonchev–Trinajstić information content (AvgIpc) is 2.49. The van der Waals surface area contributed by atoms with Crippen LogP contribution in [0.25, 0.3) is 0 Å². The minimum absolute atomic E-state index is 0.0114. The molecule has 0 aromatic rings. The van der Waals surface area contributed by atoms with E-state index in [1.165, 1.54) is 19.3 Å². The number of nitrogens with one attached hydrogen (secondary N) is 1. The van der Waals surface area contributed by atoms with Crippen molar-refractivity contribution in [3.05, 3.63) is 0 Å². The van der Waals surface area contributed by atoms with Gasteiger partial charge in [-0.25, -0.2) is 0 Å². The minimum Gasteiger partial charge on any atom is -0.352 e. The molecule has 3 aliphatic rings. The molecule has 1 saturated carbocycles. The SMILES string of the molecule is CN1C2CCCC1CC(NC(=O)C1(C#N)CCCCC1)C2. The van der Waals surface area contributed by atoms with Gasteiger partial charge in [-0.15, -0.1) is 0 Å². The topological polar surface area (TPSA) is 56.1 Å². The molecule has 2 unspecified atom stereocenters. The number of hydrogen-bond acceptors (Lipinski definition) is 3. The number of nitriles is 1. The van der Waals surface area contributed by atoms with E-state index >= 15 is 0 Å². The van der Waals surface area contributed by atoms with Gasteiger partial charge in [0.05, 0.1) is 6.07 Å². The van der Waals surface area contributed by atoms with Gasteiger partial charge in [0.1, 0.15) is 5.41 Å². The summed E-state index contributed by atoms with van der Waals surface area (Å²) in [6, 6.07) is 3.85. The Morgan fingerprint density at radius 2 is 1.76 bits per heavy atom. The average molecular weight is 289 g/mol. The molecule has 4 nitrogen and oxygen atoms in total. The molecular weight excluding hydrogens is 262 g/mol. The quantitative estimate of drug-likeness (QED) is 0.850. The number of piperidine rings is 2. The molecule has 1 amide bonds. The Morgan fingerprint density at radius 3 is 2.33 bits per heavy atom. The summed E-state index contributed by atoms with van der Waals surface area (Å²) in [6.45, 7) is 0. The molecule has 0 aromatic heterocycles. The van der Waals surface area contributed by atoms with Crippen LogP contribution in [0.15, 0.2) is 0 Å². The smallest absolute Gasteiger partial charge is 0.240 e. The van der Waals surface area contributed by atoms with Crippen LogP contribution in [0.2, 0.25) is 0 Å². The van der Waals surface area contributed by atoms with Crippen LogP contribution >= 0.6 is 0 Å². The monoisotopic (exact) mass is 289 g/mol. The second-order valence-corrected chi connectivity index (χ2v) is 7.30. The summed E-state index contributed by atoms with van der Waals surface area (Å²) in [5, 5.41) is 12.8. The van der Waals surface area contributed by atoms with E-state index in [4.69, 9.17) is 0 Å². The molecule has 0 spiro atoms. The van der Waals surface area contributed by atoms with E-state index in [2.05, 4.69) is 23.3 Å². The Kier molecular flexibility index (Phi) is 4.21. The van der Waals surface area contributed by atoms with Crippen molar-refractivity contribution in [3.8, 4) is 6.07 Å². The summed E-state index contributed by atoms with van der Waals surface area (Å²) < 4.78 is 0. The molecule has 2 heterocycles. The van der Waals surface area contributed by atoms with Crippen LogP contribution in [0.4, 0.5) is 0 Å². The molecule has 2 saturated heterocycles. The first-order chi connectivity index (χ1) is 10.1. The molecule has 2 bridgehead atoms. The first-order valence-corrected chi connectivity index (χ1v) is 8.59. The van der Waals surface area contributed by atoms with Gasteiger partial charge in [-0.2, -0.15) is 5.26 Å². The summed E-state index contributed by atoms with van der Waals surface area (Å²) in [5.41, 5.74) is -0.739. The van der Waals surface area contributed by atoms with Crippen molar-refractivity contribution in [2.75, 3.05) is 7.05 Å². The predicted molar refractivity (Wildman–Crippen MR) is 81.5 cm³/mol. The second-order valence-electron chi connectivity index (χ2n) is 7.30. The van der Waals surface area contributed by atoms with Gasteiger partial charge in [0.25, 0.3) is 0 Å². The highest BCUT2D eigenvalue weighted by atomic mass is 16.2. The fourth-order valence-corrected chi connectivity index (χ4v) is 4.60. The highest BCUT2D eigenvalue weighted by molar-refractivity contribution is 5.85. The molecule has 1 aliphatic carbocycles. The Hall–Kier alpha value is -1.08. The van der Waals surface area contributed by atoms with Crippen LogP contribution in [0, 0.1) is 16.7 Å². The molecule has 21 heavy (non-hydrogen) atoms. The van der Waals surface area contributed by atoms with E-state index in [1.54, 1.807) is 0 Å². The predicted octanol–water partition coefficient (Wildman–Crippen LogP) is 2.59. The molecule has 2 aliphatic heterocycles. The molecular formula is C17H27N3O. The lowest BCUT2D eigenvalue weighted by Crippen LogP contribution is -2.57. The minimum atomic E-state index is -0.739. The molecule has 2 atom stereocenters. The lowest BCUT2D eigenvalue weighted by atomic mass is 9.74. The van der Waals surface area contributed by atoms with Crippen molar-refractivity contribution in [1.82, 2.24) is 10.2 Å². The summed E-state index contributed by atoms with van der Waals surface area (Å²) in [4.78, 5) is 15.2. The molecule has 0 radical (unpaired) electrons. The van der Waals surface area contributed by atoms with Gasteiger partial charge in [-0.05, 0) is 45.6 Å². The second kappa shape index (κ2) is 5.96. The third-order valence-corrected chi connectivity index (χ3v) is 6.03. The highest BCUT2D eigenvalue weighted by Crippen LogP contribution is 2.37. The zero-order valence-electron chi connectivity index (χ0n) is 13.1. The van der Waals surface area contributed by atoms with E-state index in [1.807, 2.05) is 0 Å². The van der Waals surface area contributed by atoms with Crippen molar-refractivity contribution in [3.63, 3.8) is 0 Å². The van der Waals surface area contributed by atoms with E-state index < -0.39 is 5.41 Å². The molecule has 3 fully saturated rings. The van der Waals surface area contributed by atoms with Gasteiger partial charge in [-0.1, -0.05) is 25.7 Å². The van der Waals surface area contributed by atoms with Crippen LogP contribution in [-0.4, -0.2) is 36.0 Å². The molecule has 116 valence electrons. The zero-order valence-corrected chi connectivity index (χ0v) is 13.1. The Balaban J connectivity index is 1.64. The number of fused-ring (bicyclic) bond motifs is 2. The first kappa shape index (κ1) is 14.8. The van der Waals surface area contributed by atoms with Crippen molar-refractivity contribution in [2.24, 2.45) is 5.41 Å². The highest BCUT2D eigenvalue weighted by Gasteiger charge is 2.42. The molecule has 3 rings (SSSR count). The van der Waals surface area contributed by atoms with E-state index in [-0.39, 0.29) is 11.9 Å². The van der Waals surface area contributed by atoms with E-state index in [0.29, 0.717) is 12.1 Å². The van der Waals surface area contributed by atoms with Crippen LogP contribution < -0.4 is 5.32 Å². The summed E-state index contributed by atoms with van der Waals surface area (Å²) in [6.07, 6.45) is 10.6. The maximum Gasteiger partial charge on any atom is 0.240 e. The van der Waals surface area contributed by atoms with Gasteiger partial charge >= 0.3 is 0 Å². The number of carbonyl (C=O) groups excluding carboxylic acids is 1. The van der Waals surface area contributed by atoms with Crippen LogP contribution in [0.3, 0.4) is 0 Å². The van der Waals surface area contributed by atoms with Crippen molar-refractivity contribution in [1.29, 1.82) is 5.26 Å². The van der Waals surface area contributed by atoms with Crippen molar-refractivity contribution >= 4 is 5.91 Å². The number of carbonyl (C=O) groups is 1. The standard InChI is InChI=1S/C17H27N3O/c1-20-14-6-5-7-15(20)11-13(10-14)19-16(21)17(12-18)8-3-2-4-9-17/h13-15H,2-11H2,1H3,(H,19,21). The summed E-state index contributed by atoms with van der Waals surface area (Å²) >= 11 is 0. The molecule has 1 N–H and O–H groups in total. The number of amides is 1. The van der Waals surface area contributed by atoms with E-state index in [0.717, 1.165) is 44.9 Å². The lowest BCUT2D eigenvalue weighted by molar-refractivity contribution is -0.131. The number of rotatable bonds is 2. The third-order valence-electron chi connectivity index (χ3n) is 6.03. The zero-order chi connectivity index (χ0) is 14.9. The molecule has 0 aromatic carbocycles. The van der Waals surface area contributed by atoms with Gasteiger partial charge < -0.3 is 10.2 Å². The first-order valence-electron chi connectivity index (χ1n) is 8.59. The lowest BCUT2D eigenvalue weighted by Gasteiger charge is -2.47. The van der Waals surface area contributed by atoms with Crippen LogP contribution in [0.5, 0.6) is 0 Å². The largest absolute Gasteiger partial charge is 0.352 e. The fourth-order valence-electron chi connectivity index (χ4n) is 4.60. The maximum atomic E-state index is 12.7. The van der Waals surface area contributed by atoms with Crippen LogP contribution in [0.1, 0.15) is 64.2 Å². The Bertz CT molecular complexity index is 422. The van der Waals surface area contributed by atoms with Gasteiger partial charge in [0.2, 0.25) is 5.91 Å². The third kappa shape index (κ3) is 2.81. The van der Waals surface area contributed by atoms with Crippen molar-refractivity contribution < 1.29 is 4.79 Å². The van der Waals surface area contributed by atoms with Gasteiger partial charge in [0.15, 0.2) is 0 Å². The number of hydrogen-bond donors (Lipinski definition) is 1. The van der Waals surface area contributed by atoms with Gasteiger partial charge in [-0.3, -0.25) is 4.79 Å². The summed E-state index contributed by atoms with van der Waals surface area (Å²) in [7, 11) is 2.23.